The van der Waals surface area contributed by atoms with Crippen molar-refractivity contribution in [2.75, 3.05) is 7.05 Å². The maximum Gasteiger partial charge on any atom is 0.0794 e. The molecule has 0 aliphatic heterocycles. The van der Waals surface area contributed by atoms with Gasteiger partial charge in [0.05, 0.1) is 6.34 Å². The number of hydrogen-bond donors (Lipinski definition) is 1. The molecule has 1 aromatic rings. The number of aryl methyl sites for hydroxylation is 2. The molecule has 1 rings (SSSR count). The van der Waals surface area contributed by atoms with Gasteiger partial charge >= 0.3 is 0 Å². The predicted molar refractivity (Wildman–Crippen MR) is 65.9 cm³/mol. The zero-order chi connectivity index (χ0) is 11.4. The Balaban J connectivity index is 0. The van der Waals surface area contributed by atoms with Crippen molar-refractivity contribution in [1.82, 2.24) is 0 Å². The molecule has 0 unspecified atom stereocenters. The van der Waals surface area contributed by atoms with Gasteiger partial charge in [0, 0.05) is 7.05 Å². The molecule has 2 heteroatoms. The Kier molecular flexibility index (Phi) is 12.7. The number of nitrogens with two attached hydrogens (primary N) is 1. The topological polar surface area (TPSA) is 38.4 Å². The molecule has 0 heterocycles. The first kappa shape index (κ1) is 15.2. The van der Waals surface area contributed by atoms with Crippen LogP contribution in [0.5, 0.6) is 0 Å². The largest absolute Gasteiger partial charge is 0.390 e. The third-order valence-electron chi connectivity index (χ3n) is 1.32. The van der Waals surface area contributed by atoms with Crippen molar-refractivity contribution >= 4 is 6.34 Å². The van der Waals surface area contributed by atoms with Gasteiger partial charge in [-0.1, -0.05) is 49.2 Å². The minimum atomic E-state index is 1.25. The number of benzene rings is 1. The normalized spacial score (nSPS) is 8.36. The molecule has 0 aromatic heterocycles. The van der Waals surface area contributed by atoms with Crippen LogP contribution in [0.4, 0.5) is 0 Å². The van der Waals surface area contributed by atoms with Crippen LogP contribution < -0.4 is 5.73 Å². The van der Waals surface area contributed by atoms with E-state index in [9.17, 15) is 0 Å². The zero-order valence-electron chi connectivity index (χ0n) is 9.91. The second-order valence-corrected chi connectivity index (χ2v) is 2.57. The van der Waals surface area contributed by atoms with Gasteiger partial charge in [0.25, 0.3) is 0 Å². The Hall–Kier alpha value is -1.31. The Morgan fingerprint density at radius 1 is 1.14 bits per heavy atom. The molecule has 2 N–H and O–H groups in total. The minimum Gasteiger partial charge on any atom is -0.390 e. The number of aliphatic imine (C=N–C) groups is 1. The molecule has 2 nitrogen and oxygen atoms in total. The van der Waals surface area contributed by atoms with Crippen molar-refractivity contribution in [3.8, 4) is 0 Å². The van der Waals surface area contributed by atoms with Crippen LogP contribution in [0, 0.1) is 13.8 Å². The van der Waals surface area contributed by atoms with Crippen LogP contribution in [-0.4, -0.2) is 13.4 Å². The number of rotatable bonds is 0. The van der Waals surface area contributed by atoms with Gasteiger partial charge in [-0.2, -0.15) is 0 Å². The summed E-state index contributed by atoms with van der Waals surface area (Å²) in [5, 5.41) is 0. The quantitative estimate of drug-likeness (QED) is 0.500. The second-order valence-electron chi connectivity index (χ2n) is 2.57. The van der Waals surface area contributed by atoms with Gasteiger partial charge in [-0.3, -0.25) is 4.99 Å². The maximum absolute atomic E-state index is 4.74. The van der Waals surface area contributed by atoms with Crippen LogP contribution in [0.2, 0.25) is 0 Å². The van der Waals surface area contributed by atoms with Gasteiger partial charge in [0.15, 0.2) is 0 Å². The van der Waals surface area contributed by atoms with Crippen molar-refractivity contribution in [3.05, 3.63) is 35.4 Å². The van der Waals surface area contributed by atoms with Crippen molar-refractivity contribution in [1.29, 1.82) is 0 Å². The molecule has 0 spiro atoms. The van der Waals surface area contributed by atoms with E-state index in [1.807, 2.05) is 13.8 Å². The summed E-state index contributed by atoms with van der Waals surface area (Å²) in [4.78, 5) is 3.39. The van der Waals surface area contributed by atoms with Gasteiger partial charge in [-0.05, 0) is 13.8 Å². The number of hydrogen-bond acceptors (Lipinski definition) is 1. The first-order chi connectivity index (χ1) is 6.70. The standard InChI is InChI=1S/C8H10.C2H6N2.C2H6/c1-7-4-3-5-8(2)6-7;1-4-2-3;1-2/h3-6H,1-2H3;2H,1H3,(H2,3,4);1-2H3. The maximum atomic E-state index is 4.74. The van der Waals surface area contributed by atoms with Gasteiger partial charge in [-0.15, -0.1) is 0 Å². The first-order valence-corrected chi connectivity index (χ1v) is 4.86. The third-order valence-corrected chi connectivity index (χ3v) is 1.32. The van der Waals surface area contributed by atoms with Crippen LogP contribution in [0.1, 0.15) is 25.0 Å². The van der Waals surface area contributed by atoms with E-state index in [0.29, 0.717) is 0 Å². The SMILES string of the molecule is CC.CN=CN.Cc1cccc(C)c1. The van der Waals surface area contributed by atoms with Gasteiger partial charge in [0.1, 0.15) is 0 Å². The van der Waals surface area contributed by atoms with Crippen LogP contribution >= 0.6 is 0 Å². The molecule has 0 saturated carbocycles. The van der Waals surface area contributed by atoms with E-state index in [2.05, 4.69) is 43.1 Å². The third kappa shape index (κ3) is 10.7. The van der Waals surface area contributed by atoms with Crippen LogP contribution in [0.3, 0.4) is 0 Å². The summed E-state index contributed by atoms with van der Waals surface area (Å²) in [5.41, 5.74) is 7.41. The lowest BCUT2D eigenvalue weighted by Gasteiger charge is -1.90. The zero-order valence-corrected chi connectivity index (χ0v) is 9.91. The lowest BCUT2D eigenvalue weighted by molar-refractivity contribution is 1.39. The Morgan fingerprint density at radius 3 is 1.64 bits per heavy atom. The molecule has 0 aliphatic rings. The summed E-state index contributed by atoms with van der Waals surface area (Å²) in [5.74, 6) is 0. The molecule has 0 aliphatic carbocycles. The average Bonchev–Trinajstić information content (AvgIpc) is 2.21. The van der Waals surface area contributed by atoms with Crippen molar-refractivity contribution < 1.29 is 0 Å². The molecular weight excluding hydrogens is 172 g/mol. The van der Waals surface area contributed by atoms with Crippen molar-refractivity contribution in [2.24, 2.45) is 10.7 Å². The monoisotopic (exact) mass is 194 g/mol. The van der Waals surface area contributed by atoms with Gasteiger partial charge in [0.2, 0.25) is 0 Å². The highest BCUT2D eigenvalue weighted by atomic mass is 14.7. The molecule has 0 amide bonds. The van der Waals surface area contributed by atoms with Gasteiger partial charge < -0.3 is 5.73 Å². The van der Waals surface area contributed by atoms with E-state index in [0.717, 1.165) is 0 Å². The summed E-state index contributed by atoms with van der Waals surface area (Å²) >= 11 is 0. The molecule has 80 valence electrons. The molecule has 0 radical (unpaired) electrons. The van der Waals surface area contributed by atoms with E-state index in [-0.39, 0.29) is 0 Å². The molecule has 0 fully saturated rings. The highest BCUT2D eigenvalue weighted by molar-refractivity contribution is 5.50. The molecule has 0 atom stereocenters. The van der Waals surface area contributed by atoms with E-state index in [1.165, 1.54) is 17.5 Å². The lowest BCUT2D eigenvalue weighted by Crippen LogP contribution is -1.84. The smallest absolute Gasteiger partial charge is 0.0794 e. The van der Waals surface area contributed by atoms with E-state index < -0.39 is 0 Å². The summed E-state index contributed by atoms with van der Waals surface area (Å²) in [6, 6.07) is 8.45. The molecule has 14 heavy (non-hydrogen) atoms. The van der Waals surface area contributed by atoms with Crippen LogP contribution in [0.25, 0.3) is 0 Å². The summed E-state index contributed by atoms with van der Waals surface area (Å²) in [6.07, 6.45) is 1.25. The van der Waals surface area contributed by atoms with Gasteiger partial charge in [-0.25, -0.2) is 0 Å². The average molecular weight is 194 g/mol. The highest BCUT2D eigenvalue weighted by Gasteiger charge is 1.80. The fourth-order valence-corrected chi connectivity index (χ4v) is 0.807. The summed E-state index contributed by atoms with van der Waals surface area (Å²) in [6.45, 7) is 8.21. The Bertz CT molecular complexity index is 221. The Morgan fingerprint density at radius 2 is 1.50 bits per heavy atom. The lowest BCUT2D eigenvalue weighted by atomic mass is 10.2. The first-order valence-electron chi connectivity index (χ1n) is 4.86. The molecule has 1 aromatic carbocycles. The van der Waals surface area contributed by atoms with Crippen molar-refractivity contribution in [3.63, 3.8) is 0 Å². The van der Waals surface area contributed by atoms with Crippen LogP contribution in [0.15, 0.2) is 29.3 Å². The van der Waals surface area contributed by atoms with E-state index in [4.69, 9.17) is 5.73 Å². The fourth-order valence-electron chi connectivity index (χ4n) is 0.807. The van der Waals surface area contributed by atoms with Crippen molar-refractivity contribution in [2.45, 2.75) is 27.7 Å². The molecule has 0 saturated heterocycles. The summed E-state index contributed by atoms with van der Waals surface area (Å²) < 4.78 is 0. The second kappa shape index (κ2) is 11.7. The summed E-state index contributed by atoms with van der Waals surface area (Å²) in [7, 11) is 1.62. The Labute approximate surface area is 87.9 Å². The van der Waals surface area contributed by atoms with E-state index in [1.54, 1.807) is 7.05 Å². The fraction of sp³-hybridized carbons (Fsp3) is 0.417. The molecular formula is C12H22N2. The van der Waals surface area contributed by atoms with E-state index >= 15 is 0 Å². The highest BCUT2D eigenvalue weighted by Crippen LogP contribution is 2.00. The number of nitrogens with zero attached hydrogens (tertiary/aromatic N) is 1. The van der Waals surface area contributed by atoms with Crippen LogP contribution in [-0.2, 0) is 0 Å². The minimum absolute atomic E-state index is 1.25. The molecule has 0 bridgehead atoms. The predicted octanol–water partition coefficient (Wildman–Crippen LogP) is 2.93.